The molecule has 0 aromatic rings. The minimum Gasteiger partial charge on any atom is -0.460 e. The Labute approximate surface area is 118 Å². The fourth-order valence-electron chi connectivity index (χ4n) is 2.10. The van der Waals surface area contributed by atoms with Gasteiger partial charge in [-0.2, -0.15) is 0 Å². The van der Waals surface area contributed by atoms with Crippen LogP contribution in [0.2, 0.25) is 0 Å². The van der Waals surface area contributed by atoms with Crippen LogP contribution in [0.15, 0.2) is 0 Å². The number of carbonyl (C=O) groups excluding carboxylic acids is 1. The number of rotatable bonds is 13. The fourth-order valence-corrected chi connectivity index (χ4v) is 2.10. The van der Waals surface area contributed by atoms with Gasteiger partial charge in [-0.25, -0.2) is 0 Å². The highest BCUT2D eigenvalue weighted by molar-refractivity contribution is 5.69. The highest BCUT2D eigenvalue weighted by Crippen LogP contribution is 2.11. The Morgan fingerprint density at radius 1 is 0.947 bits per heavy atom. The molecule has 0 aliphatic rings. The van der Waals surface area contributed by atoms with E-state index in [1.54, 1.807) is 0 Å². The molecule has 0 amide bonds. The maximum absolute atomic E-state index is 11.6. The Morgan fingerprint density at radius 2 is 1.53 bits per heavy atom. The molecule has 0 spiro atoms. The number of aliphatic hydroxyl groups excluding tert-OH is 1. The topological polar surface area (TPSA) is 46.5 Å². The molecule has 19 heavy (non-hydrogen) atoms. The van der Waals surface area contributed by atoms with Crippen LogP contribution in [0.25, 0.3) is 0 Å². The molecule has 0 aromatic heterocycles. The van der Waals surface area contributed by atoms with E-state index >= 15 is 0 Å². The fraction of sp³-hybridized carbons (Fsp3) is 0.938. The van der Waals surface area contributed by atoms with Crippen molar-refractivity contribution in [1.82, 2.24) is 0 Å². The average molecular weight is 272 g/mol. The zero-order chi connectivity index (χ0) is 14.3. The molecule has 3 nitrogen and oxygen atoms in total. The third-order valence-electron chi connectivity index (χ3n) is 3.37. The van der Waals surface area contributed by atoms with Crippen LogP contribution in [0, 0.1) is 0 Å². The minimum absolute atomic E-state index is 0.0479. The van der Waals surface area contributed by atoms with E-state index in [0.29, 0.717) is 6.42 Å². The predicted molar refractivity (Wildman–Crippen MR) is 79.1 cm³/mol. The van der Waals surface area contributed by atoms with Gasteiger partial charge < -0.3 is 9.84 Å². The summed E-state index contributed by atoms with van der Waals surface area (Å²) in [5.41, 5.74) is 0. The molecule has 0 radical (unpaired) electrons. The first kappa shape index (κ1) is 18.4. The van der Waals surface area contributed by atoms with Gasteiger partial charge >= 0.3 is 5.97 Å². The number of hydrogen-bond donors (Lipinski definition) is 1. The lowest BCUT2D eigenvalue weighted by Gasteiger charge is -2.15. The van der Waals surface area contributed by atoms with Crippen molar-refractivity contribution in [2.75, 3.05) is 6.61 Å². The van der Waals surface area contributed by atoms with E-state index in [1.165, 1.54) is 32.1 Å². The van der Waals surface area contributed by atoms with Crippen LogP contribution in [-0.4, -0.2) is 23.8 Å². The summed E-state index contributed by atoms with van der Waals surface area (Å²) in [5, 5.41) is 9.20. The molecule has 1 N–H and O–H groups in total. The smallest absolute Gasteiger partial charge is 0.306 e. The third-order valence-corrected chi connectivity index (χ3v) is 3.37. The van der Waals surface area contributed by atoms with Crippen LogP contribution in [0.1, 0.15) is 84.5 Å². The lowest BCUT2D eigenvalue weighted by molar-refractivity contribution is -0.151. The van der Waals surface area contributed by atoms with Crippen LogP contribution in [0.3, 0.4) is 0 Å². The second-order valence-electron chi connectivity index (χ2n) is 5.31. The predicted octanol–water partition coefficient (Wildman–Crippen LogP) is 4.22. The van der Waals surface area contributed by atoms with Crippen molar-refractivity contribution in [3.63, 3.8) is 0 Å². The number of hydrogen-bond acceptors (Lipinski definition) is 3. The molecule has 1 unspecified atom stereocenters. The van der Waals surface area contributed by atoms with E-state index in [9.17, 15) is 9.90 Å². The summed E-state index contributed by atoms with van der Waals surface area (Å²) < 4.78 is 5.30. The summed E-state index contributed by atoms with van der Waals surface area (Å²) in [4.78, 5) is 11.6. The van der Waals surface area contributed by atoms with E-state index in [0.717, 1.165) is 32.1 Å². The Morgan fingerprint density at radius 3 is 2.11 bits per heavy atom. The molecule has 0 saturated carbocycles. The molecule has 0 saturated heterocycles. The van der Waals surface area contributed by atoms with Crippen LogP contribution in [-0.2, 0) is 9.53 Å². The van der Waals surface area contributed by atoms with Gasteiger partial charge in [-0.15, -0.1) is 0 Å². The SMILES string of the molecule is CCCCCCCC(=O)OC(CO)CCCCCC. The molecular formula is C16H32O3. The van der Waals surface area contributed by atoms with E-state index < -0.39 is 0 Å². The van der Waals surface area contributed by atoms with E-state index in [-0.39, 0.29) is 18.7 Å². The Hall–Kier alpha value is -0.570. The van der Waals surface area contributed by atoms with Gasteiger partial charge in [0.1, 0.15) is 6.10 Å². The summed E-state index contributed by atoms with van der Waals surface area (Å²) in [7, 11) is 0. The van der Waals surface area contributed by atoms with Crippen LogP contribution < -0.4 is 0 Å². The molecule has 0 fully saturated rings. The monoisotopic (exact) mass is 272 g/mol. The highest BCUT2D eigenvalue weighted by atomic mass is 16.5. The summed E-state index contributed by atoms with van der Waals surface area (Å²) in [6, 6.07) is 0. The summed E-state index contributed by atoms with van der Waals surface area (Å²) in [6.07, 6.45) is 11.3. The molecule has 114 valence electrons. The van der Waals surface area contributed by atoms with E-state index in [2.05, 4.69) is 13.8 Å². The average Bonchev–Trinajstić information content (AvgIpc) is 2.42. The van der Waals surface area contributed by atoms with Gasteiger partial charge in [0.15, 0.2) is 0 Å². The normalized spacial score (nSPS) is 12.4. The molecule has 0 aromatic carbocycles. The third kappa shape index (κ3) is 12.2. The summed E-state index contributed by atoms with van der Waals surface area (Å²) in [6.45, 7) is 4.30. The molecule has 0 aliphatic heterocycles. The molecule has 1 atom stereocenters. The van der Waals surface area contributed by atoms with Gasteiger partial charge in [0, 0.05) is 6.42 Å². The minimum atomic E-state index is -0.292. The van der Waals surface area contributed by atoms with Crippen molar-refractivity contribution >= 4 is 5.97 Å². The second kappa shape index (κ2) is 13.9. The zero-order valence-electron chi connectivity index (χ0n) is 12.8. The van der Waals surface area contributed by atoms with Gasteiger partial charge in [-0.3, -0.25) is 4.79 Å². The van der Waals surface area contributed by atoms with Gasteiger partial charge in [-0.1, -0.05) is 58.8 Å². The largest absolute Gasteiger partial charge is 0.460 e. The summed E-state index contributed by atoms with van der Waals surface area (Å²) >= 11 is 0. The maximum Gasteiger partial charge on any atom is 0.306 e. The van der Waals surface area contributed by atoms with Crippen molar-refractivity contribution in [3.8, 4) is 0 Å². The van der Waals surface area contributed by atoms with E-state index in [4.69, 9.17) is 4.74 Å². The first-order valence-electron chi connectivity index (χ1n) is 8.04. The molecule has 0 bridgehead atoms. The van der Waals surface area contributed by atoms with Crippen molar-refractivity contribution < 1.29 is 14.6 Å². The molecular weight excluding hydrogens is 240 g/mol. The second-order valence-corrected chi connectivity index (χ2v) is 5.31. The lowest BCUT2D eigenvalue weighted by atomic mass is 10.1. The number of ether oxygens (including phenoxy) is 1. The number of carbonyl (C=O) groups is 1. The lowest BCUT2D eigenvalue weighted by Crippen LogP contribution is -2.21. The molecule has 0 heterocycles. The highest BCUT2D eigenvalue weighted by Gasteiger charge is 2.12. The van der Waals surface area contributed by atoms with Gasteiger partial charge in [0.05, 0.1) is 6.61 Å². The zero-order valence-corrected chi connectivity index (χ0v) is 12.8. The van der Waals surface area contributed by atoms with Crippen LogP contribution in [0.4, 0.5) is 0 Å². The van der Waals surface area contributed by atoms with Crippen molar-refractivity contribution in [2.24, 2.45) is 0 Å². The van der Waals surface area contributed by atoms with Crippen molar-refractivity contribution in [1.29, 1.82) is 0 Å². The first-order chi connectivity index (χ1) is 9.24. The quantitative estimate of drug-likeness (QED) is 0.403. The molecule has 0 aliphatic carbocycles. The standard InChI is InChI=1S/C16H32O3/c1-3-5-7-9-11-13-16(18)19-15(14-17)12-10-8-6-4-2/h15,17H,3-14H2,1-2H3. The summed E-state index contributed by atoms with van der Waals surface area (Å²) in [5.74, 6) is -0.147. The van der Waals surface area contributed by atoms with Crippen molar-refractivity contribution in [2.45, 2.75) is 90.6 Å². The van der Waals surface area contributed by atoms with E-state index in [1.807, 2.05) is 0 Å². The molecule has 0 rings (SSSR count). The first-order valence-corrected chi connectivity index (χ1v) is 8.04. The van der Waals surface area contributed by atoms with Crippen LogP contribution in [0.5, 0.6) is 0 Å². The Bertz CT molecular complexity index is 204. The van der Waals surface area contributed by atoms with Gasteiger partial charge in [0.25, 0.3) is 0 Å². The maximum atomic E-state index is 11.6. The van der Waals surface area contributed by atoms with Crippen molar-refractivity contribution in [3.05, 3.63) is 0 Å². The van der Waals surface area contributed by atoms with Gasteiger partial charge in [0.2, 0.25) is 0 Å². The Kier molecular flexibility index (Phi) is 13.4. The van der Waals surface area contributed by atoms with Crippen LogP contribution >= 0.6 is 0 Å². The van der Waals surface area contributed by atoms with Gasteiger partial charge in [-0.05, 0) is 19.3 Å². The number of aliphatic hydroxyl groups is 1. The number of unbranched alkanes of at least 4 members (excludes halogenated alkanes) is 7. The molecule has 3 heteroatoms. The Balaban J connectivity index is 3.57. The number of esters is 1.